The van der Waals surface area contributed by atoms with E-state index in [-0.39, 0.29) is 0 Å². The molecule has 0 saturated heterocycles. The molecule has 0 aromatic heterocycles. The maximum Gasteiger partial charge on any atom is 0.749 e. The van der Waals surface area contributed by atoms with Gasteiger partial charge in [0.15, 0.2) is 11.5 Å². The third-order valence-electron chi connectivity index (χ3n) is 1.48. The van der Waals surface area contributed by atoms with E-state index in [9.17, 15) is 9.13 Å². The Balaban J connectivity index is 2.60. The fourth-order valence-electron chi connectivity index (χ4n) is 0.808. The molecule has 8 heteroatoms. The maximum atomic E-state index is 10.9. The van der Waals surface area contributed by atoms with Crippen molar-refractivity contribution in [1.29, 1.82) is 0 Å². The Morgan fingerprint density at radius 2 is 1.12 bits per heavy atom. The van der Waals surface area contributed by atoms with Crippen LogP contribution in [-0.4, -0.2) is 14.2 Å². The highest BCUT2D eigenvalue weighted by Crippen LogP contribution is 2.31. The van der Waals surface area contributed by atoms with Crippen molar-refractivity contribution in [2.75, 3.05) is 14.2 Å². The van der Waals surface area contributed by atoms with Gasteiger partial charge >= 0.3 is 16.5 Å². The summed E-state index contributed by atoms with van der Waals surface area (Å²) in [5, 5.41) is 0. The predicted molar refractivity (Wildman–Crippen MR) is 56.9 cm³/mol. The first kappa shape index (κ1) is 13.0. The van der Waals surface area contributed by atoms with Gasteiger partial charge in [0.25, 0.3) is 0 Å². The molecular weight excluding hydrogens is 254 g/mol. The molecule has 0 spiro atoms. The summed E-state index contributed by atoms with van der Waals surface area (Å²) in [5.41, 5.74) is 0. The first-order valence-corrected chi connectivity index (χ1v) is 6.33. The van der Waals surface area contributed by atoms with Gasteiger partial charge in [0.05, 0.1) is 14.2 Å². The fourth-order valence-corrected chi connectivity index (χ4v) is 1.54. The van der Waals surface area contributed by atoms with Gasteiger partial charge < -0.3 is 0 Å². The van der Waals surface area contributed by atoms with Gasteiger partial charge in [-0.25, -0.2) is 9.05 Å². The van der Waals surface area contributed by atoms with Gasteiger partial charge in [0.2, 0.25) is 0 Å². The first-order chi connectivity index (χ1) is 7.65. The molecule has 0 aliphatic carbocycles. The smallest absolute Gasteiger partial charge is 0.229 e. The molecule has 2 unspecified atom stereocenters. The summed E-state index contributed by atoms with van der Waals surface area (Å²) in [5.74, 6) is 0.728. The van der Waals surface area contributed by atoms with Crippen LogP contribution in [0, 0.1) is 0 Å². The average molecular weight is 264 g/mol. The van der Waals surface area contributed by atoms with Gasteiger partial charge in [-0.1, -0.05) is 0 Å². The fraction of sp³-hybridized carbons (Fsp3) is 0.250. The SMILES string of the molecule is CO[P+](=O)Oc1ccc(O[P+](=O)OC)cc1. The second-order valence-corrected chi connectivity index (χ2v) is 4.46. The van der Waals surface area contributed by atoms with Gasteiger partial charge in [0.1, 0.15) is 0 Å². The lowest BCUT2D eigenvalue weighted by molar-refractivity contribution is 0.345. The van der Waals surface area contributed by atoms with Crippen LogP contribution < -0.4 is 9.05 Å². The molecule has 0 heterocycles. The van der Waals surface area contributed by atoms with E-state index in [2.05, 4.69) is 9.05 Å². The van der Waals surface area contributed by atoms with Gasteiger partial charge in [0, 0.05) is 9.13 Å². The molecule has 0 bridgehead atoms. The Morgan fingerprint density at radius 1 is 0.812 bits per heavy atom. The largest absolute Gasteiger partial charge is 0.749 e. The highest BCUT2D eigenvalue weighted by Gasteiger charge is 2.21. The zero-order chi connectivity index (χ0) is 12.0. The number of benzene rings is 1. The van der Waals surface area contributed by atoms with Crippen LogP contribution in [-0.2, 0) is 18.2 Å². The number of hydrogen-bond acceptors (Lipinski definition) is 6. The molecular formula is C8H10O6P2+2. The Labute approximate surface area is 94.4 Å². The lowest BCUT2D eigenvalue weighted by Gasteiger charge is -1.93. The summed E-state index contributed by atoms with van der Waals surface area (Å²) in [6, 6.07) is 6.06. The molecule has 0 radical (unpaired) electrons. The van der Waals surface area contributed by atoms with E-state index in [0.29, 0.717) is 11.5 Å². The van der Waals surface area contributed by atoms with Crippen molar-refractivity contribution in [1.82, 2.24) is 0 Å². The van der Waals surface area contributed by atoms with Crippen molar-refractivity contribution in [3.8, 4) is 11.5 Å². The van der Waals surface area contributed by atoms with E-state index < -0.39 is 16.5 Å². The molecule has 0 aliphatic heterocycles. The van der Waals surface area contributed by atoms with Crippen LogP contribution in [0.3, 0.4) is 0 Å². The van der Waals surface area contributed by atoms with Crippen LogP contribution in [0.25, 0.3) is 0 Å². The second-order valence-electron chi connectivity index (χ2n) is 2.47. The quantitative estimate of drug-likeness (QED) is 0.735. The van der Waals surface area contributed by atoms with Gasteiger partial charge in [-0.05, 0) is 24.3 Å². The zero-order valence-electron chi connectivity index (χ0n) is 8.65. The third-order valence-corrected chi connectivity index (χ3v) is 2.80. The van der Waals surface area contributed by atoms with Crippen molar-refractivity contribution in [3.05, 3.63) is 24.3 Å². The highest BCUT2D eigenvalue weighted by atomic mass is 31.1. The van der Waals surface area contributed by atoms with E-state index >= 15 is 0 Å². The van der Waals surface area contributed by atoms with Crippen molar-refractivity contribution in [3.63, 3.8) is 0 Å². The summed E-state index contributed by atoms with van der Waals surface area (Å²) in [6.07, 6.45) is 0. The standard InChI is InChI=1S/C8H10O6P2/c1-11-15(9)13-7-3-5-8(6-4-7)14-16(10)12-2/h3-6H,1-2H3/q+2. The molecule has 1 aromatic rings. The normalized spacial score (nSPS) is 11.9. The average Bonchev–Trinajstić information content (AvgIpc) is 2.31. The minimum atomic E-state index is -2.16. The molecule has 2 atom stereocenters. The van der Waals surface area contributed by atoms with Crippen LogP contribution in [0.4, 0.5) is 0 Å². The Bertz CT molecular complexity index is 340. The Morgan fingerprint density at radius 3 is 1.38 bits per heavy atom. The van der Waals surface area contributed by atoms with Crippen LogP contribution in [0.15, 0.2) is 24.3 Å². The van der Waals surface area contributed by atoms with Crippen molar-refractivity contribution in [2.24, 2.45) is 0 Å². The zero-order valence-corrected chi connectivity index (χ0v) is 10.4. The molecule has 16 heavy (non-hydrogen) atoms. The topological polar surface area (TPSA) is 71.1 Å². The highest BCUT2D eigenvalue weighted by molar-refractivity contribution is 7.34. The van der Waals surface area contributed by atoms with Gasteiger partial charge in [-0.15, -0.1) is 9.05 Å². The van der Waals surface area contributed by atoms with Crippen molar-refractivity contribution < 1.29 is 27.2 Å². The minimum absolute atomic E-state index is 0.364. The van der Waals surface area contributed by atoms with E-state index in [1.54, 1.807) is 0 Å². The van der Waals surface area contributed by atoms with Crippen LogP contribution in [0.2, 0.25) is 0 Å². The summed E-state index contributed by atoms with van der Waals surface area (Å²) >= 11 is 0. The molecule has 0 N–H and O–H groups in total. The Hall–Kier alpha value is -1.06. The van der Waals surface area contributed by atoms with E-state index in [4.69, 9.17) is 9.05 Å². The lowest BCUT2D eigenvalue weighted by Crippen LogP contribution is -1.85. The second kappa shape index (κ2) is 6.51. The van der Waals surface area contributed by atoms with Crippen LogP contribution in [0.1, 0.15) is 0 Å². The summed E-state index contributed by atoms with van der Waals surface area (Å²) in [6.45, 7) is 0. The number of rotatable bonds is 6. The third kappa shape index (κ3) is 4.21. The summed E-state index contributed by atoms with van der Waals surface area (Å²) in [4.78, 5) is 0. The molecule has 0 aliphatic rings. The van der Waals surface area contributed by atoms with Gasteiger partial charge in [-0.3, -0.25) is 0 Å². The Kier molecular flexibility index (Phi) is 5.29. The minimum Gasteiger partial charge on any atom is -0.229 e. The lowest BCUT2D eigenvalue weighted by atomic mass is 10.3. The predicted octanol–water partition coefficient (Wildman–Crippen LogP) is 3.05. The molecule has 0 fully saturated rings. The number of hydrogen-bond donors (Lipinski definition) is 0. The molecule has 86 valence electrons. The summed E-state index contributed by atoms with van der Waals surface area (Å²) < 4.78 is 40.5. The van der Waals surface area contributed by atoms with Crippen molar-refractivity contribution >= 4 is 16.5 Å². The van der Waals surface area contributed by atoms with Crippen molar-refractivity contribution in [2.45, 2.75) is 0 Å². The monoisotopic (exact) mass is 264 g/mol. The van der Waals surface area contributed by atoms with Crippen LogP contribution >= 0.6 is 16.5 Å². The molecule has 6 nitrogen and oxygen atoms in total. The van der Waals surface area contributed by atoms with E-state index in [1.807, 2.05) is 0 Å². The maximum absolute atomic E-state index is 10.9. The van der Waals surface area contributed by atoms with Crippen LogP contribution in [0.5, 0.6) is 11.5 Å². The van der Waals surface area contributed by atoms with E-state index in [1.165, 1.54) is 38.5 Å². The van der Waals surface area contributed by atoms with E-state index in [0.717, 1.165) is 0 Å². The summed E-state index contributed by atoms with van der Waals surface area (Å²) in [7, 11) is -1.76. The molecule has 1 aromatic carbocycles. The first-order valence-electron chi connectivity index (χ1n) is 4.14. The molecule has 0 amide bonds. The van der Waals surface area contributed by atoms with Gasteiger partial charge in [-0.2, -0.15) is 0 Å². The molecule has 0 saturated carbocycles. The molecule has 1 rings (SSSR count).